The highest BCUT2D eigenvalue weighted by Gasteiger charge is 2.26. The van der Waals surface area contributed by atoms with Crippen LogP contribution in [-0.4, -0.2) is 29.9 Å². The lowest BCUT2D eigenvalue weighted by molar-refractivity contribution is -0.133. The first-order valence-corrected chi connectivity index (χ1v) is 5.29. The van der Waals surface area contributed by atoms with E-state index in [9.17, 15) is 9.59 Å². The van der Waals surface area contributed by atoms with Crippen molar-refractivity contribution in [2.75, 3.05) is 12.4 Å². The van der Waals surface area contributed by atoms with Crippen LogP contribution in [0.3, 0.4) is 0 Å². The number of carbonyl (C=O) groups is 2. The Kier molecular flexibility index (Phi) is 3.22. The van der Waals surface area contributed by atoms with E-state index in [1.54, 1.807) is 25.4 Å². The normalized spacial score (nSPS) is 19.7. The van der Waals surface area contributed by atoms with Crippen molar-refractivity contribution in [2.24, 2.45) is 0 Å². The van der Waals surface area contributed by atoms with E-state index < -0.39 is 6.04 Å². The standard InChI is InChI=1S/C11H13N3O3/c1-17-7-2-4-9(12-6-7)13-8-3-5-10(15)14-11(8)16/h2,4,6,8H,3,5H2,1H3,(H,12,13)(H,14,15,16). The molecule has 90 valence electrons. The first-order chi connectivity index (χ1) is 8.19. The largest absolute Gasteiger partial charge is 0.495 e. The molecule has 1 aromatic rings. The van der Waals surface area contributed by atoms with Crippen LogP contribution in [0.25, 0.3) is 0 Å². The van der Waals surface area contributed by atoms with E-state index in [4.69, 9.17) is 4.74 Å². The molecule has 2 amide bonds. The molecule has 0 radical (unpaired) electrons. The van der Waals surface area contributed by atoms with Gasteiger partial charge in [0.15, 0.2) is 0 Å². The Hall–Kier alpha value is -2.11. The van der Waals surface area contributed by atoms with Crippen LogP contribution in [0.2, 0.25) is 0 Å². The van der Waals surface area contributed by atoms with Gasteiger partial charge in [-0.2, -0.15) is 0 Å². The molecule has 0 saturated carbocycles. The highest BCUT2D eigenvalue weighted by Crippen LogP contribution is 2.14. The lowest BCUT2D eigenvalue weighted by atomic mass is 10.1. The van der Waals surface area contributed by atoms with Gasteiger partial charge >= 0.3 is 0 Å². The van der Waals surface area contributed by atoms with Gasteiger partial charge in [0.05, 0.1) is 13.3 Å². The molecule has 2 heterocycles. The van der Waals surface area contributed by atoms with Crippen LogP contribution in [0.1, 0.15) is 12.8 Å². The van der Waals surface area contributed by atoms with Crippen LogP contribution in [0, 0.1) is 0 Å². The average molecular weight is 235 g/mol. The van der Waals surface area contributed by atoms with Gasteiger partial charge in [-0.3, -0.25) is 14.9 Å². The number of hydrogen-bond acceptors (Lipinski definition) is 5. The van der Waals surface area contributed by atoms with Crippen molar-refractivity contribution in [3.8, 4) is 5.75 Å². The molecule has 0 bridgehead atoms. The molecule has 0 aliphatic carbocycles. The van der Waals surface area contributed by atoms with Crippen LogP contribution >= 0.6 is 0 Å². The molecule has 6 nitrogen and oxygen atoms in total. The van der Waals surface area contributed by atoms with Crippen molar-refractivity contribution in [3.63, 3.8) is 0 Å². The van der Waals surface area contributed by atoms with Crippen molar-refractivity contribution in [2.45, 2.75) is 18.9 Å². The van der Waals surface area contributed by atoms with E-state index in [-0.39, 0.29) is 11.8 Å². The number of nitrogens with one attached hydrogen (secondary N) is 2. The molecule has 17 heavy (non-hydrogen) atoms. The molecule has 0 aromatic carbocycles. The quantitative estimate of drug-likeness (QED) is 0.737. The SMILES string of the molecule is COc1ccc(NC2CCC(=O)NC2=O)nc1. The first kappa shape index (κ1) is 11.4. The summed E-state index contributed by atoms with van der Waals surface area (Å²) in [5.41, 5.74) is 0. The van der Waals surface area contributed by atoms with Crippen molar-refractivity contribution in [1.82, 2.24) is 10.3 Å². The maximum absolute atomic E-state index is 11.5. The van der Waals surface area contributed by atoms with E-state index in [1.807, 2.05) is 0 Å². The topological polar surface area (TPSA) is 80.3 Å². The van der Waals surface area contributed by atoms with Crippen molar-refractivity contribution < 1.29 is 14.3 Å². The van der Waals surface area contributed by atoms with Crippen molar-refractivity contribution in [3.05, 3.63) is 18.3 Å². The number of aromatic nitrogens is 1. The number of amides is 2. The van der Waals surface area contributed by atoms with E-state index in [2.05, 4.69) is 15.6 Å². The molecule has 1 aliphatic heterocycles. The molecule has 1 aliphatic rings. The number of ether oxygens (including phenoxy) is 1. The highest BCUT2D eigenvalue weighted by atomic mass is 16.5. The monoisotopic (exact) mass is 235 g/mol. The van der Waals surface area contributed by atoms with Gasteiger partial charge in [0, 0.05) is 6.42 Å². The molecule has 1 atom stereocenters. The van der Waals surface area contributed by atoms with Crippen molar-refractivity contribution >= 4 is 17.6 Å². The zero-order valence-corrected chi connectivity index (χ0v) is 9.40. The minimum Gasteiger partial charge on any atom is -0.495 e. The molecule has 0 spiro atoms. The predicted octanol–water partition coefficient (Wildman–Crippen LogP) is 0.307. The number of imide groups is 1. The second-order valence-corrected chi connectivity index (χ2v) is 3.73. The molecule has 1 fully saturated rings. The third-order valence-corrected chi connectivity index (χ3v) is 2.53. The number of piperidine rings is 1. The third-order valence-electron chi connectivity index (χ3n) is 2.53. The summed E-state index contributed by atoms with van der Waals surface area (Å²) in [4.78, 5) is 26.5. The maximum atomic E-state index is 11.5. The summed E-state index contributed by atoms with van der Waals surface area (Å²) in [6, 6.07) is 3.07. The summed E-state index contributed by atoms with van der Waals surface area (Å²) in [5.74, 6) is 0.703. The lowest BCUT2D eigenvalue weighted by Crippen LogP contribution is -2.47. The predicted molar refractivity (Wildman–Crippen MR) is 60.6 cm³/mol. The Balaban J connectivity index is 2.00. The number of pyridine rings is 1. The summed E-state index contributed by atoms with van der Waals surface area (Å²) in [7, 11) is 1.56. The van der Waals surface area contributed by atoms with Gasteiger partial charge in [0.1, 0.15) is 17.6 Å². The number of rotatable bonds is 3. The number of carbonyl (C=O) groups excluding carboxylic acids is 2. The molecule has 2 rings (SSSR count). The molecular weight excluding hydrogens is 222 g/mol. The fourth-order valence-corrected chi connectivity index (χ4v) is 1.60. The van der Waals surface area contributed by atoms with Gasteiger partial charge in [-0.1, -0.05) is 0 Å². The van der Waals surface area contributed by atoms with Gasteiger partial charge in [0.25, 0.3) is 0 Å². The Morgan fingerprint density at radius 3 is 2.88 bits per heavy atom. The van der Waals surface area contributed by atoms with Gasteiger partial charge in [-0.15, -0.1) is 0 Å². The number of nitrogens with zero attached hydrogens (tertiary/aromatic N) is 1. The fraction of sp³-hybridized carbons (Fsp3) is 0.364. The molecule has 1 aromatic heterocycles. The Morgan fingerprint density at radius 2 is 2.29 bits per heavy atom. The van der Waals surface area contributed by atoms with E-state index in [1.165, 1.54) is 0 Å². The minimum atomic E-state index is -0.409. The van der Waals surface area contributed by atoms with Gasteiger partial charge in [0.2, 0.25) is 11.8 Å². The molecule has 6 heteroatoms. The van der Waals surface area contributed by atoms with Gasteiger partial charge in [-0.05, 0) is 18.6 Å². The average Bonchev–Trinajstić information content (AvgIpc) is 2.34. The van der Waals surface area contributed by atoms with Crippen LogP contribution in [0.15, 0.2) is 18.3 Å². The van der Waals surface area contributed by atoms with Crippen molar-refractivity contribution in [1.29, 1.82) is 0 Å². The second-order valence-electron chi connectivity index (χ2n) is 3.73. The minimum absolute atomic E-state index is 0.226. The Morgan fingerprint density at radius 1 is 1.47 bits per heavy atom. The molecule has 2 N–H and O–H groups in total. The van der Waals surface area contributed by atoms with Gasteiger partial charge in [-0.25, -0.2) is 4.98 Å². The van der Waals surface area contributed by atoms with Crippen LogP contribution in [-0.2, 0) is 9.59 Å². The number of anilines is 1. The summed E-state index contributed by atoms with van der Waals surface area (Å²) in [5, 5.41) is 5.25. The zero-order valence-electron chi connectivity index (χ0n) is 9.40. The second kappa shape index (κ2) is 4.82. The summed E-state index contributed by atoms with van der Waals surface area (Å²) >= 11 is 0. The number of hydrogen-bond donors (Lipinski definition) is 2. The van der Waals surface area contributed by atoms with E-state index in [0.717, 1.165) is 0 Å². The third kappa shape index (κ3) is 2.72. The fourth-order valence-electron chi connectivity index (χ4n) is 1.60. The summed E-state index contributed by atoms with van der Waals surface area (Å²) < 4.78 is 4.98. The maximum Gasteiger partial charge on any atom is 0.249 e. The Labute approximate surface area is 98.4 Å². The van der Waals surface area contributed by atoms with Crippen LogP contribution in [0.5, 0.6) is 5.75 Å². The smallest absolute Gasteiger partial charge is 0.249 e. The molecular formula is C11H13N3O3. The summed E-state index contributed by atoms with van der Waals surface area (Å²) in [6.07, 6.45) is 2.39. The molecule has 1 saturated heterocycles. The lowest BCUT2D eigenvalue weighted by Gasteiger charge is -2.22. The van der Waals surface area contributed by atoms with Crippen LogP contribution < -0.4 is 15.4 Å². The zero-order chi connectivity index (χ0) is 12.3. The first-order valence-electron chi connectivity index (χ1n) is 5.29. The van der Waals surface area contributed by atoms with Crippen LogP contribution in [0.4, 0.5) is 5.82 Å². The van der Waals surface area contributed by atoms with E-state index in [0.29, 0.717) is 24.4 Å². The Bertz CT molecular complexity index is 430. The van der Waals surface area contributed by atoms with E-state index >= 15 is 0 Å². The molecule has 1 unspecified atom stereocenters. The highest BCUT2D eigenvalue weighted by molar-refractivity contribution is 6.01. The van der Waals surface area contributed by atoms with Gasteiger partial charge < -0.3 is 10.1 Å². The summed E-state index contributed by atoms with van der Waals surface area (Å²) in [6.45, 7) is 0. The number of methoxy groups -OCH3 is 1.